The fourth-order valence-corrected chi connectivity index (χ4v) is 4.59. The van der Waals surface area contributed by atoms with Crippen LogP contribution in [-0.4, -0.2) is 33.2 Å². The van der Waals surface area contributed by atoms with Gasteiger partial charge in [-0.1, -0.05) is 24.3 Å². The molecule has 3 aromatic rings. The van der Waals surface area contributed by atoms with Gasteiger partial charge in [-0.2, -0.15) is 0 Å². The number of carbonyl (C=O) groups is 2. The first-order valence-corrected chi connectivity index (χ1v) is 10.8. The van der Waals surface area contributed by atoms with Crippen molar-refractivity contribution in [1.29, 1.82) is 0 Å². The van der Waals surface area contributed by atoms with Gasteiger partial charge in [-0.15, -0.1) is 0 Å². The number of aromatic nitrogens is 2. The fourth-order valence-electron chi connectivity index (χ4n) is 3.88. The SMILES string of the molecule is CCc1cc(NC(=O)C(=O)N2CCCC[C@H]2c2ccc3sc(N)nc3c2)cnc1N. The molecule has 4 rings (SSSR count). The second-order valence-corrected chi connectivity index (χ2v) is 8.43. The fraction of sp³-hybridized carbons (Fsp3) is 0.333. The molecule has 3 heterocycles. The number of nitrogen functional groups attached to an aromatic ring is 2. The molecule has 156 valence electrons. The molecule has 1 fully saturated rings. The number of nitrogens with one attached hydrogen (secondary N) is 1. The molecule has 0 bridgehead atoms. The summed E-state index contributed by atoms with van der Waals surface area (Å²) in [4.78, 5) is 35.8. The van der Waals surface area contributed by atoms with Crippen LogP contribution in [0.4, 0.5) is 16.6 Å². The Kier molecular flexibility index (Phi) is 5.54. The molecular weight excluding hydrogens is 400 g/mol. The monoisotopic (exact) mass is 424 g/mol. The van der Waals surface area contributed by atoms with Gasteiger partial charge in [0.2, 0.25) is 0 Å². The topological polar surface area (TPSA) is 127 Å². The van der Waals surface area contributed by atoms with Crippen molar-refractivity contribution in [3.63, 3.8) is 0 Å². The van der Waals surface area contributed by atoms with Gasteiger partial charge in [0.25, 0.3) is 0 Å². The predicted molar refractivity (Wildman–Crippen MR) is 119 cm³/mol. The van der Waals surface area contributed by atoms with Crippen LogP contribution in [0.3, 0.4) is 0 Å². The number of amides is 2. The molecule has 5 N–H and O–H groups in total. The number of hydrogen-bond acceptors (Lipinski definition) is 7. The first kappa shape index (κ1) is 20.1. The minimum Gasteiger partial charge on any atom is -0.383 e. The number of fused-ring (bicyclic) bond motifs is 1. The predicted octanol–water partition coefficient (Wildman–Crippen LogP) is 3.11. The molecule has 30 heavy (non-hydrogen) atoms. The Labute approximate surface area is 178 Å². The number of thiazole rings is 1. The number of benzene rings is 1. The molecule has 1 aromatic carbocycles. The van der Waals surface area contributed by atoms with E-state index in [1.807, 2.05) is 25.1 Å². The van der Waals surface area contributed by atoms with E-state index in [4.69, 9.17) is 11.5 Å². The standard InChI is InChI=1S/C21H24N6O2S/c1-2-12-9-14(11-24-18(12)22)25-19(28)20(29)27-8-4-3-5-16(27)13-6-7-17-15(10-13)26-21(23)30-17/h6-7,9-11,16H,2-5,8H2,1H3,(H2,22,24)(H2,23,26)(H,25,28)/t16-/m0/s1. The van der Waals surface area contributed by atoms with Crippen molar-refractivity contribution in [3.05, 3.63) is 41.6 Å². The molecule has 1 aliphatic rings. The average Bonchev–Trinajstić information content (AvgIpc) is 3.13. The van der Waals surface area contributed by atoms with Crippen LogP contribution < -0.4 is 16.8 Å². The highest BCUT2D eigenvalue weighted by atomic mass is 32.1. The quantitative estimate of drug-likeness (QED) is 0.554. The molecule has 2 aromatic heterocycles. The normalized spacial score (nSPS) is 16.6. The molecule has 1 saturated heterocycles. The number of aryl methyl sites for hydroxylation is 1. The second-order valence-electron chi connectivity index (χ2n) is 7.37. The number of nitrogens with zero attached hydrogens (tertiary/aromatic N) is 3. The lowest BCUT2D eigenvalue weighted by Gasteiger charge is -2.35. The van der Waals surface area contributed by atoms with Gasteiger partial charge in [-0.25, -0.2) is 9.97 Å². The molecule has 0 radical (unpaired) electrons. The van der Waals surface area contributed by atoms with Gasteiger partial charge < -0.3 is 21.7 Å². The second kappa shape index (κ2) is 8.27. The summed E-state index contributed by atoms with van der Waals surface area (Å²) in [6.45, 7) is 2.49. The third-order valence-corrected chi connectivity index (χ3v) is 6.28. The van der Waals surface area contributed by atoms with Crippen LogP contribution in [0.2, 0.25) is 0 Å². The summed E-state index contributed by atoms with van der Waals surface area (Å²) in [7, 11) is 0. The minimum absolute atomic E-state index is 0.167. The Morgan fingerprint density at radius 2 is 2.10 bits per heavy atom. The summed E-state index contributed by atoms with van der Waals surface area (Å²) >= 11 is 1.43. The van der Waals surface area contributed by atoms with Gasteiger partial charge in [-0.05, 0) is 55.0 Å². The Hall–Kier alpha value is -3.20. The Bertz CT molecular complexity index is 1110. The van der Waals surface area contributed by atoms with E-state index in [9.17, 15) is 9.59 Å². The maximum absolute atomic E-state index is 13.0. The Balaban J connectivity index is 1.55. The maximum Gasteiger partial charge on any atom is 0.313 e. The minimum atomic E-state index is -0.672. The molecule has 2 amide bonds. The van der Waals surface area contributed by atoms with Crippen LogP contribution in [-0.2, 0) is 16.0 Å². The lowest BCUT2D eigenvalue weighted by atomic mass is 9.95. The lowest BCUT2D eigenvalue weighted by Crippen LogP contribution is -2.44. The molecule has 0 unspecified atom stereocenters. The summed E-state index contributed by atoms with van der Waals surface area (Å²) in [6, 6.07) is 7.52. The third-order valence-electron chi connectivity index (χ3n) is 5.41. The zero-order chi connectivity index (χ0) is 21.3. The number of hydrogen-bond donors (Lipinski definition) is 3. The Morgan fingerprint density at radius 1 is 1.27 bits per heavy atom. The van der Waals surface area contributed by atoms with Crippen molar-refractivity contribution >= 4 is 50.0 Å². The van der Waals surface area contributed by atoms with Gasteiger partial charge >= 0.3 is 11.8 Å². The van der Waals surface area contributed by atoms with Crippen LogP contribution in [0.1, 0.15) is 43.4 Å². The van der Waals surface area contributed by atoms with Crippen molar-refractivity contribution in [2.24, 2.45) is 0 Å². The van der Waals surface area contributed by atoms with E-state index in [-0.39, 0.29) is 6.04 Å². The van der Waals surface area contributed by atoms with Crippen molar-refractivity contribution in [2.75, 3.05) is 23.3 Å². The van der Waals surface area contributed by atoms with E-state index in [2.05, 4.69) is 15.3 Å². The molecule has 1 atom stereocenters. The number of piperidine rings is 1. The van der Waals surface area contributed by atoms with E-state index in [1.165, 1.54) is 17.5 Å². The zero-order valence-electron chi connectivity index (χ0n) is 16.7. The largest absolute Gasteiger partial charge is 0.383 e. The van der Waals surface area contributed by atoms with E-state index in [0.717, 1.165) is 40.6 Å². The highest BCUT2D eigenvalue weighted by Gasteiger charge is 2.32. The Morgan fingerprint density at radius 3 is 2.90 bits per heavy atom. The van der Waals surface area contributed by atoms with E-state index >= 15 is 0 Å². The number of pyridine rings is 1. The lowest BCUT2D eigenvalue weighted by molar-refractivity contribution is -0.145. The van der Waals surface area contributed by atoms with Gasteiger partial charge in [0, 0.05) is 6.54 Å². The molecule has 0 aliphatic carbocycles. The molecule has 0 saturated carbocycles. The number of carbonyl (C=O) groups excluding carboxylic acids is 2. The van der Waals surface area contributed by atoms with Crippen LogP contribution >= 0.6 is 11.3 Å². The van der Waals surface area contributed by atoms with Crippen molar-refractivity contribution < 1.29 is 9.59 Å². The number of rotatable bonds is 3. The summed E-state index contributed by atoms with van der Waals surface area (Å²) in [6.07, 6.45) is 4.82. The van der Waals surface area contributed by atoms with Crippen molar-refractivity contribution in [2.45, 2.75) is 38.6 Å². The van der Waals surface area contributed by atoms with Gasteiger partial charge in [-0.3, -0.25) is 9.59 Å². The van der Waals surface area contributed by atoms with E-state index < -0.39 is 11.8 Å². The zero-order valence-corrected chi connectivity index (χ0v) is 17.5. The number of anilines is 3. The highest BCUT2D eigenvalue weighted by molar-refractivity contribution is 7.22. The summed E-state index contributed by atoms with van der Waals surface area (Å²) in [5, 5.41) is 3.19. The molecule has 1 aliphatic heterocycles. The van der Waals surface area contributed by atoms with E-state index in [0.29, 0.717) is 29.6 Å². The molecule has 0 spiro atoms. The molecule has 8 nitrogen and oxygen atoms in total. The van der Waals surface area contributed by atoms with Crippen molar-refractivity contribution in [1.82, 2.24) is 14.9 Å². The van der Waals surface area contributed by atoms with Crippen LogP contribution in [0, 0.1) is 0 Å². The van der Waals surface area contributed by atoms with Gasteiger partial charge in [0.15, 0.2) is 5.13 Å². The average molecular weight is 425 g/mol. The highest BCUT2D eigenvalue weighted by Crippen LogP contribution is 2.34. The first-order chi connectivity index (χ1) is 14.5. The maximum atomic E-state index is 13.0. The third kappa shape index (κ3) is 3.93. The first-order valence-electron chi connectivity index (χ1n) is 9.98. The van der Waals surface area contributed by atoms with Crippen LogP contribution in [0.15, 0.2) is 30.5 Å². The van der Waals surface area contributed by atoms with Crippen molar-refractivity contribution in [3.8, 4) is 0 Å². The van der Waals surface area contributed by atoms with Gasteiger partial charge in [0.05, 0.1) is 28.1 Å². The molecular formula is C21H24N6O2S. The number of likely N-dealkylation sites (tertiary alicyclic amines) is 1. The van der Waals surface area contributed by atoms with Crippen LogP contribution in [0.5, 0.6) is 0 Å². The summed E-state index contributed by atoms with van der Waals surface area (Å²) in [5.41, 5.74) is 14.7. The summed E-state index contributed by atoms with van der Waals surface area (Å²) in [5.74, 6) is -0.794. The smallest absolute Gasteiger partial charge is 0.313 e. The van der Waals surface area contributed by atoms with E-state index in [1.54, 1.807) is 11.0 Å². The number of nitrogens with two attached hydrogens (primary N) is 2. The molecule has 9 heteroatoms. The van der Waals surface area contributed by atoms with Crippen LogP contribution in [0.25, 0.3) is 10.2 Å². The van der Waals surface area contributed by atoms with Gasteiger partial charge in [0.1, 0.15) is 5.82 Å². The summed E-state index contributed by atoms with van der Waals surface area (Å²) < 4.78 is 1.00.